The molecule has 2 aromatic rings. The van der Waals surface area contributed by atoms with Crippen molar-refractivity contribution >= 4 is 6.29 Å². The molecule has 1 aliphatic heterocycles. The number of carbonyl (C=O) groups excluding carboxylic acids is 1. The first-order valence-electron chi connectivity index (χ1n) is 8.61. The van der Waals surface area contributed by atoms with E-state index in [1.807, 2.05) is 43.3 Å². The van der Waals surface area contributed by atoms with Crippen LogP contribution >= 0.6 is 0 Å². The second-order valence-corrected chi connectivity index (χ2v) is 6.32. The summed E-state index contributed by atoms with van der Waals surface area (Å²) >= 11 is 0. The van der Waals surface area contributed by atoms with E-state index < -0.39 is 0 Å². The predicted octanol–water partition coefficient (Wildman–Crippen LogP) is 4.12. The first-order chi connectivity index (χ1) is 11.8. The minimum atomic E-state index is -0.205. The van der Waals surface area contributed by atoms with E-state index in [0.29, 0.717) is 6.42 Å². The molecule has 0 spiro atoms. The minimum absolute atomic E-state index is 0.0177. The molecule has 126 valence electrons. The van der Waals surface area contributed by atoms with Crippen molar-refractivity contribution in [2.45, 2.75) is 50.6 Å². The fourth-order valence-corrected chi connectivity index (χ4v) is 3.39. The molecule has 0 bridgehead atoms. The Kier molecular flexibility index (Phi) is 5.78. The van der Waals surface area contributed by atoms with Gasteiger partial charge < -0.3 is 14.3 Å². The first-order valence-corrected chi connectivity index (χ1v) is 8.61. The van der Waals surface area contributed by atoms with E-state index >= 15 is 0 Å². The summed E-state index contributed by atoms with van der Waals surface area (Å²) in [5, 5.41) is 0. The molecule has 1 heterocycles. The number of benzene rings is 2. The largest absolute Gasteiger partial charge is 0.347 e. The maximum absolute atomic E-state index is 11.1. The summed E-state index contributed by atoms with van der Waals surface area (Å²) in [4.78, 5) is 11.1. The Morgan fingerprint density at radius 3 is 2.33 bits per heavy atom. The van der Waals surface area contributed by atoms with E-state index in [-0.39, 0.29) is 24.4 Å². The number of aryl methyl sites for hydroxylation is 1. The molecule has 0 aliphatic carbocycles. The van der Waals surface area contributed by atoms with E-state index in [1.165, 1.54) is 5.56 Å². The zero-order chi connectivity index (χ0) is 16.8. The van der Waals surface area contributed by atoms with Crippen LogP contribution in [0.1, 0.15) is 36.8 Å². The molecular weight excluding hydrogens is 300 g/mol. The van der Waals surface area contributed by atoms with Crippen LogP contribution in [0.5, 0.6) is 0 Å². The minimum Gasteiger partial charge on any atom is -0.347 e. The van der Waals surface area contributed by atoms with Gasteiger partial charge in [-0.05, 0) is 24.5 Å². The van der Waals surface area contributed by atoms with E-state index in [1.54, 1.807) is 0 Å². The van der Waals surface area contributed by atoms with Crippen LogP contribution in [0.25, 0.3) is 0 Å². The molecule has 1 saturated heterocycles. The van der Waals surface area contributed by atoms with Gasteiger partial charge in [0.2, 0.25) is 0 Å². The van der Waals surface area contributed by atoms with Crippen LogP contribution in [0.3, 0.4) is 0 Å². The van der Waals surface area contributed by atoms with Crippen molar-refractivity contribution in [3.8, 4) is 0 Å². The predicted molar refractivity (Wildman–Crippen MR) is 93.8 cm³/mol. The second-order valence-electron chi connectivity index (χ2n) is 6.32. The lowest BCUT2D eigenvalue weighted by atomic mass is 9.88. The summed E-state index contributed by atoms with van der Waals surface area (Å²) in [5.74, 6) is 0.0421. The Morgan fingerprint density at radius 1 is 1.00 bits per heavy atom. The summed E-state index contributed by atoms with van der Waals surface area (Å²) in [6, 6.07) is 20.5. The zero-order valence-corrected chi connectivity index (χ0v) is 14.0. The van der Waals surface area contributed by atoms with Crippen LogP contribution in [0, 0.1) is 0 Å². The highest BCUT2D eigenvalue weighted by Crippen LogP contribution is 2.34. The molecule has 0 N–H and O–H groups in total. The first kappa shape index (κ1) is 16.9. The van der Waals surface area contributed by atoms with Gasteiger partial charge in [0.1, 0.15) is 6.29 Å². The Hall–Kier alpha value is -1.97. The maximum atomic E-state index is 11.1. The van der Waals surface area contributed by atoms with E-state index in [0.717, 1.165) is 24.7 Å². The van der Waals surface area contributed by atoms with Gasteiger partial charge in [0.25, 0.3) is 0 Å². The number of ether oxygens (including phenoxy) is 2. The van der Waals surface area contributed by atoms with Gasteiger partial charge in [-0.3, -0.25) is 0 Å². The Morgan fingerprint density at radius 2 is 1.67 bits per heavy atom. The normalized spacial score (nSPS) is 24.6. The Bertz CT molecular complexity index is 626. The van der Waals surface area contributed by atoms with E-state index in [2.05, 4.69) is 24.3 Å². The molecule has 4 unspecified atom stereocenters. The van der Waals surface area contributed by atoms with Crippen LogP contribution in [-0.4, -0.2) is 24.8 Å². The molecular formula is C21H24O3. The van der Waals surface area contributed by atoms with Crippen LogP contribution in [0.2, 0.25) is 0 Å². The fraction of sp³-hybridized carbons (Fsp3) is 0.381. The number of carbonyl (C=O) groups is 1. The maximum Gasteiger partial charge on any atom is 0.158 e. The van der Waals surface area contributed by atoms with Crippen LogP contribution in [0.4, 0.5) is 0 Å². The third-order valence-electron chi connectivity index (χ3n) is 4.62. The summed E-state index contributed by atoms with van der Waals surface area (Å²) in [6.45, 7) is 2.04. The SMILES string of the molecule is CC1OC(CCc2ccccc2)OC1C(CC=O)c1ccccc1. The van der Waals surface area contributed by atoms with Gasteiger partial charge in [-0.1, -0.05) is 60.7 Å². The van der Waals surface area contributed by atoms with Gasteiger partial charge in [-0.15, -0.1) is 0 Å². The van der Waals surface area contributed by atoms with Crippen molar-refractivity contribution < 1.29 is 14.3 Å². The molecule has 1 fully saturated rings. The fourth-order valence-electron chi connectivity index (χ4n) is 3.39. The van der Waals surface area contributed by atoms with Gasteiger partial charge >= 0.3 is 0 Å². The summed E-state index contributed by atoms with van der Waals surface area (Å²) in [7, 11) is 0. The summed E-state index contributed by atoms with van der Waals surface area (Å²) < 4.78 is 12.2. The topological polar surface area (TPSA) is 35.5 Å². The quantitative estimate of drug-likeness (QED) is 0.719. The molecule has 0 radical (unpaired) electrons. The molecule has 0 saturated carbocycles. The van der Waals surface area contributed by atoms with Crippen LogP contribution < -0.4 is 0 Å². The third-order valence-corrected chi connectivity index (χ3v) is 4.62. The lowest BCUT2D eigenvalue weighted by Crippen LogP contribution is -2.27. The highest BCUT2D eigenvalue weighted by Gasteiger charge is 2.38. The third kappa shape index (κ3) is 4.11. The average Bonchev–Trinajstić information content (AvgIpc) is 3.00. The van der Waals surface area contributed by atoms with Gasteiger partial charge in [0.05, 0.1) is 12.2 Å². The van der Waals surface area contributed by atoms with Crippen molar-refractivity contribution in [2.75, 3.05) is 0 Å². The molecule has 1 aliphatic rings. The van der Waals surface area contributed by atoms with Crippen molar-refractivity contribution in [3.63, 3.8) is 0 Å². The molecule has 3 rings (SSSR count). The smallest absolute Gasteiger partial charge is 0.158 e. The number of aldehydes is 1. The summed E-state index contributed by atoms with van der Waals surface area (Å²) in [6.07, 6.45) is 2.87. The zero-order valence-electron chi connectivity index (χ0n) is 14.0. The Balaban J connectivity index is 1.64. The van der Waals surface area contributed by atoms with Crippen LogP contribution in [-0.2, 0) is 20.7 Å². The molecule has 0 aromatic heterocycles. The van der Waals surface area contributed by atoms with Crippen molar-refractivity contribution in [2.24, 2.45) is 0 Å². The number of hydrogen-bond donors (Lipinski definition) is 0. The van der Waals surface area contributed by atoms with E-state index in [4.69, 9.17) is 9.47 Å². The van der Waals surface area contributed by atoms with E-state index in [9.17, 15) is 4.79 Å². The van der Waals surface area contributed by atoms with Gasteiger partial charge in [0, 0.05) is 18.8 Å². The lowest BCUT2D eigenvalue weighted by Gasteiger charge is -2.23. The number of rotatable bonds is 7. The Labute approximate surface area is 143 Å². The van der Waals surface area contributed by atoms with Crippen LogP contribution in [0.15, 0.2) is 60.7 Å². The number of hydrogen-bond acceptors (Lipinski definition) is 3. The van der Waals surface area contributed by atoms with Gasteiger partial charge in [-0.2, -0.15) is 0 Å². The van der Waals surface area contributed by atoms with Gasteiger partial charge in [0.15, 0.2) is 6.29 Å². The van der Waals surface area contributed by atoms with Gasteiger partial charge in [-0.25, -0.2) is 0 Å². The van der Waals surface area contributed by atoms with Crippen molar-refractivity contribution in [1.82, 2.24) is 0 Å². The summed E-state index contributed by atoms with van der Waals surface area (Å²) in [5.41, 5.74) is 2.42. The lowest BCUT2D eigenvalue weighted by molar-refractivity contribution is -0.109. The molecule has 4 atom stereocenters. The second kappa shape index (κ2) is 8.22. The molecule has 3 nitrogen and oxygen atoms in total. The van der Waals surface area contributed by atoms with Crippen molar-refractivity contribution in [1.29, 1.82) is 0 Å². The molecule has 2 aromatic carbocycles. The molecule has 0 amide bonds. The molecule has 3 heteroatoms. The molecule has 24 heavy (non-hydrogen) atoms. The average molecular weight is 324 g/mol. The highest BCUT2D eigenvalue weighted by molar-refractivity contribution is 5.52. The standard InChI is InChI=1S/C21H24O3/c1-16-21(19(14-15-22)18-10-6-3-7-11-18)24-20(23-16)13-12-17-8-4-2-5-9-17/h2-11,15-16,19-21H,12-14H2,1H3. The highest BCUT2D eigenvalue weighted by atomic mass is 16.7. The monoisotopic (exact) mass is 324 g/mol. The van der Waals surface area contributed by atoms with Crippen molar-refractivity contribution in [3.05, 3.63) is 71.8 Å².